The quantitative estimate of drug-likeness (QED) is 0.583. The van der Waals surface area contributed by atoms with Crippen LogP contribution in [0.4, 0.5) is 4.39 Å². The van der Waals surface area contributed by atoms with Gasteiger partial charge in [0.15, 0.2) is 5.60 Å². The number of hydrogen-bond acceptors (Lipinski definition) is 6. The molecule has 0 aliphatic carbocycles. The Balaban J connectivity index is 1.33. The van der Waals surface area contributed by atoms with Crippen molar-refractivity contribution in [3.05, 3.63) is 71.4 Å². The van der Waals surface area contributed by atoms with Gasteiger partial charge in [0, 0.05) is 25.1 Å². The van der Waals surface area contributed by atoms with Crippen LogP contribution in [0.25, 0.3) is 11.4 Å². The van der Waals surface area contributed by atoms with E-state index in [0.29, 0.717) is 42.4 Å². The first-order chi connectivity index (χ1) is 15.4. The van der Waals surface area contributed by atoms with Gasteiger partial charge in [0.25, 0.3) is 5.91 Å². The molecule has 1 amide bonds. The highest BCUT2D eigenvalue weighted by Gasteiger charge is 2.46. The fourth-order valence-corrected chi connectivity index (χ4v) is 4.50. The van der Waals surface area contributed by atoms with Gasteiger partial charge in [-0.3, -0.25) is 4.79 Å². The molecular weight excluding hydrogens is 413 g/mol. The van der Waals surface area contributed by atoms with E-state index in [1.807, 2.05) is 12.1 Å². The molecular formula is C24H22FN3O4. The highest BCUT2D eigenvalue weighted by Crippen LogP contribution is 2.33. The predicted molar refractivity (Wildman–Crippen MR) is 112 cm³/mol. The lowest BCUT2D eigenvalue weighted by atomic mass is 9.87. The Morgan fingerprint density at radius 2 is 2.06 bits per heavy atom. The van der Waals surface area contributed by atoms with Gasteiger partial charge >= 0.3 is 5.97 Å². The van der Waals surface area contributed by atoms with Crippen molar-refractivity contribution in [2.45, 2.75) is 37.7 Å². The molecule has 5 rings (SSSR count). The predicted octanol–water partition coefficient (Wildman–Crippen LogP) is 3.75. The van der Waals surface area contributed by atoms with Gasteiger partial charge in [-0.2, -0.15) is 4.98 Å². The second-order valence-corrected chi connectivity index (χ2v) is 8.51. The number of fused-ring (bicyclic) bond motifs is 1. The summed E-state index contributed by atoms with van der Waals surface area (Å²) in [5.74, 6) is -0.494. The van der Waals surface area contributed by atoms with Crippen LogP contribution >= 0.6 is 0 Å². The number of esters is 1. The van der Waals surface area contributed by atoms with Gasteiger partial charge in [-0.15, -0.1) is 0 Å². The third-order valence-electron chi connectivity index (χ3n) is 6.12. The summed E-state index contributed by atoms with van der Waals surface area (Å²) < 4.78 is 24.6. The highest BCUT2D eigenvalue weighted by atomic mass is 19.1. The fraction of sp³-hybridized carbons (Fsp3) is 0.333. The van der Waals surface area contributed by atoms with Crippen LogP contribution in [0.5, 0.6) is 0 Å². The monoisotopic (exact) mass is 435 g/mol. The number of nitrogens with zero attached hydrogens (tertiary/aromatic N) is 3. The summed E-state index contributed by atoms with van der Waals surface area (Å²) in [6.45, 7) is 2.62. The van der Waals surface area contributed by atoms with Crippen molar-refractivity contribution in [2.24, 2.45) is 0 Å². The first kappa shape index (κ1) is 20.4. The van der Waals surface area contributed by atoms with Gasteiger partial charge in [0.1, 0.15) is 5.82 Å². The van der Waals surface area contributed by atoms with Gasteiger partial charge in [0.2, 0.25) is 11.7 Å². The molecule has 0 radical (unpaired) electrons. The van der Waals surface area contributed by atoms with Crippen molar-refractivity contribution >= 4 is 11.9 Å². The molecule has 32 heavy (non-hydrogen) atoms. The first-order valence-electron chi connectivity index (χ1n) is 10.6. The summed E-state index contributed by atoms with van der Waals surface area (Å²) in [6, 6.07) is 13.2. The topological polar surface area (TPSA) is 85.5 Å². The third-order valence-corrected chi connectivity index (χ3v) is 6.12. The Bertz CT molecular complexity index is 1190. The Morgan fingerprint density at radius 1 is 1.22 bits per heavy atom. The van der Waals surface area contributed by atoms with Crippen molar-refractivity contribution in [3.8, 4) is 11.4 Å². The van der Waals surface area contributed by atoms with Crippen LogP contribution in [0.3, 0.4) is 0 Å². The molecule has 1 aromatic heterocycles. The second-order valence-electron chi connectivity index (χ2n) is 8.51. The van der Waals surface area contributed by atoms with Crippen molar-refractivity contribution in [1.29, 1.82) is 0 Å². The molecule has 1 fully saturated rings. The molecule has 0 saturated carbocycles. The average Bonchev–Trinajstić information content (AvgIpc) is 3.29. The van der Waals surface area contributed by atoms with E-state index < -0.39 is 11.6 Å². The van der Waals surface area contributed by atoms with Crippen LogP contribution in [-0.2, 0) is 16.0 Å². The molecule has 2 unspecified atom stereocenters. The Morgan fingerprint density at radius 3 is 2.91 bits per heavy atom. The number of hydrogen-bond donors (Lipinski definition) is 0. The van der Waals surface area contributed by atoms with Crippen LogP contribution in [0, 0.1) is 5.82 Å². The summed E-state index contributed by atoms with van der Waals surface area (Å²) in [4.78, 5) is 32.0. The fourth-order valence-electron chi connectivity index (χ4n) is 4.50. The zero-order chi connectivity index (χ0) is 22.3. The standard InChI is InChI=1S/C24H22FN3O4/c1-24(13-16-6-2-3-10-19(16)22(29)31-24)23(30)28-11-5-8-17(14-28)21-26-20(27-32-21)15-7-4-9-18(25)12-15/h2-4,6-7,9-10,12,17H,5,8,11,13-14H2,1H3. The zero-order valence-corrected chi connectivity index (χ0v) is 17.6. The van der Waals surface area contributed by atoms with E-state index in [0.717, 1.165) is 18.4 Å². The molecule has 0 N–H and O–H groups in total. The molecule has 3 heterocycles. The van der Waals surface area contributed by atoms with Crippen LogP contribution < -0.4 is 0 Å². The van der Waals surface area contributed by atoms with Crippen LogP contribution in [-0.4, -0.2) is 45.6 Å². The molecule has 2 aromatic carbocycles. The Kier molecular flexibility index (Phi) is 5.00. The van der Waals surface area contributed by atoms with E-state index >= 15 is 0 Å². The van der Waals surface area contributed by atoms with Gasteiger partial charge in [0.05, 0.1) is 11.5 Å². The van der Waals surface area contributed by atoms with Gasteiger partial charge in [-0.1, -0.05) is 35.5 Å². The minimum Gasteiger partial charge on any atom is -0.445 e. The van der Waals surface area contributed by atoms with Gasteiger partial charge in [-0.05, 0) is 43.5 Å². The van der Waals surface area contributed by atoms with Crippen LogP contribution in [0.1, 0.15) is 47.5 Å². The molecule has 0 spiro atoms. The highest BCUT2D eigenvalue weighted by molar-refractivity contribution is 5.97. The third kappa shape index (κ3) is 3.66. The summed E-state index contributed by atoms with van der Waals surface area (Å²) in [5.41, 5.74) is 0.591. The van der Waals surface area contributed by atoms with Crippen LogP contribution in [0.15, 0.2) is 53.1 Å². The lowest BCUT2D eigenvalue weighted by Crippen LogP contribution is -2.55. The van der Waals surface area contributed by atoms with E-state index in [2.05, 4.69) is 10.1 Å². The number of ether oxygens (including phenoxy) is 1. The molecule has 7 nitrogen and oxygen atoms in total. The Labute approximate surface area is 184 Å². The van der Waals surface area contributed by atoms with Gasteiger partial charge in [-0.25, -0.2) is 9.18 Å². The van der Waals surface area contributed by atoms with E-state index in [9.17, 15) is 14.0 Å². The van der Waals surface area contributed by atoms with Crippen molar-refractivity contribution in [3.63, 3.8) is 0 Å². The summed E-state index contributed by atoms with van der Waals surface area (Å²) >= 11 is 0. The number of benzene rings is 2. The molecule has 3 aromatic rings. The number of likely N-dealkylation sites (tertiary alicyclic amines) is 1. The average molecular weight is 435 g/mol. The summed E-state index contributed by atoms with van der Waals surface area (Å²) in [6.07, 6.45) is 1.88. The molecule has 164 valence electrons. The van der Waals surface area contributed by atoms with E-state index in [1.165, 1.54) is 12.1 Å². The number of aromatic nitrogens is 2. The molecule has 0 bridgehead atoms. The first-order valence-corrected chi connectivity index (χ1v) is 10.6. The second kappa shape index (κ2) is 7.85. The summed E-state index contributed by atoms with van der Waals surface area (Å²) in [5, 5.41) is 3.99. The number of halogens is 1. The number of carbonyl (C=O) groups excluding carboxylic acids is 2. The van der Waals surface area contributed by atoms with Crippen LogP contribution in [0.2, 0.25) is 0 Å². The smallest absolute Gasteiger partial charge is 0.339 e. The lowest BCUT2D eigenvalue weighted by molar-refractivity contribution is -0.152. The lowest BCUT2D eigenvalue weighted by Gasteiger charge is -2.39. The van der Waals surface area contributed by atoms with Crippen molar-refractivity contribution in [1.82, 2.24) is 15.0 Å². The molecule has 2 aliphatic heterocycles. The minimum absolute atomic E-state index is 0.141. The maximum atomic E-state index is 13.5. The van der Waals surface area contributed by atoms with Crippen molar-refractivity contribution < 1.29 is 23.2 Å². The minimum atomic E-state index is -1.26. The number of piperidine rings is 1. The number of cyclic esters (lactones) is 1. The summed E-state index contributed by atoms with van der Waals surface area (Å²) in [7, 11) is 0. The van der Waals surface area contributed by atoms with E-state index in [-0.39, 0.29) is 17.6 Å². The van der Waals surface area contributed by atoms with Gasteiger partial charge < -0.3 is 14.2 Å². The largest absolute Gasteiger partial charge is 0.445 e. The number of carbonyl (C=O) groups is 2. The number of amides is 1. The van der Waals surface area contributed by atoms with E-state index in [1.54, 1.807) is 36.1 Å². The number of rotatable bonds is 3. The molecule has 2 atom stereocenters. The Hall–Kier alpha value is -3.55. The normalized spacial score (nSPS) is 22.9. The molecule has 8 heteroatoms. The zero-order valence-electron chi connectivity index (χ0n) is 17.6. The molecule has 1 saturated heterocycles. The SMILES string of the molecule is CC1(C(=O)N2CCCC(c3nc(-c4cccc(F)c4)no3)C2)Cc2ccccc2C(=O)O1. The van der Waals surface area contributed by atoms with Crippen molar-refractivity contribution in [2.75, 3.05) is 13.1 Å². The van der Waals surface area contributed by atoms with E-state index in [4.69, 9.17) is 9.26 Å². The molecule has 2 aliphatic rings. The maximum Gasteiger partial charge on any atom is 0.339 e. The maximum absolute atomic E-state index is 13.5.